The Bertz CT molecular complexity index is 1130. The molecule has 0 bridgehead atoms. The molecule has 8 heteroatoms. The van der Waals surface area contributed by atoms with Crippen molar-refractivity contribution in [3.63, 3.8) is 0 Å². The highest BCUT2D eigenvalue weighted by molar-refractivity contribution is 7.09. The number of ether oxygens (including phenoxy) is 3. The van der Waals surface area contributed by atoms with Crippen molar-refractivity contribution >= 4 is 28.9 Å². The van der Waals surface area contributed by atoms with E-state index in [1.54, 1.807) is 35.5 Å². The van der Waals surface area contributed by atoms with Gasteiger partial charge in [0.25, 0.3) is 5.91 Å². The first kappa shape index (κ1) is 22.9. The van der Waals surface area contributed by atoms with Gasteiger partial charge in [0.2, 0.25) is 0 Å². The standard InChI is InChI=1S/C25H26N2O5S/c1-3-11-31-25(29)18-6-4-17(5-7-18)14-27-21-13-19(8-9-22(21)32-15-24(27)28)20-16-33-23(26-20)10-12-30-2/h4-9,13,16H,3,10-12,14-15H2,1-2H3. The van der Waals surface area contributed by atoms with Crippen molar-refractivity contribution in [3.05, 3.63) is 64.0 Å². The molecule has 33 heavy (non-hydrogen) atoms. The number of aromatic nitrogens is 1. The van der Waals surface area contributed by atoms with Gasteiger partial charge in [-0.1, -0.05) is 19.1 Å². The SMILES string of the molecule is CCCOC(=O)c1ccc(CN2C(=O)COc3ccc(-c4csc(CCOC)n4)cc32)cc1. The van der Waals surface area contributed by atoms with E-state index < -0.39 is 0 Å². The summed E-state index contributed by atoms with van der Waals surface area (Å²) in [6.07, 6.45) is 1.54. The first-order valence-electron chi connectivity index (χ1n) is 10.9. The molecule has 0 atom stereocenters. The fourth-order valence-electron chi connectivity index (χ4n) is 3.49. The van der Waals surface area contributed by atoms with E-state index in [2.05, 4.69) is 0 Å². The Hall–Kier alpha value is -3.23. The van der Waals surface area contributed by atoms with Gasteiger partial charge < -0.3 is 19.1 Å². The Morgan fingerprint density at radius 3 is 2.76 bits per heavy atom. The number of carbonyl (C=O) groups is 2. The van der Waals surface area contributed by atoms with Crippen molar-refractivity contribution in [2.45, 2.75) is 26.3 Å². The third-order valence-electron chi connectivity index (χ3n) is 5.24. The molecular formula is C25H26N2O5S. The van der Waals surface area contributed by atoms with E-state index in [4.69, 9.17) is 19.2 Å². The minimum Gasteiger partial charge on any atom is -0.482 e. The summed E-state index contributed by atoms with van der Waals surface area (Å²) in [6.45, 7) is 3.34. The lowest BCUT2D eigenvalue weighted by molar-refractivity contribution is -0.121. The molecule has 172 valence electrons. The van der Waals surface area contributed by atoms with Crippen LogP contribution >= 0.6 is 11.3 Å². The monoisotopic (exact) mass is 466 g/mol. The summed E-state index contributed by atoms with van der Waals surface area (Å²) >= 11 is 1.59. The molecule has 0 saturated heterocycles. The van der Waals surface area contributed by atoms with E-state index in [-0.39, 0.29) is 18.5 Å². The van der Waals surface area contributed by atoms with Crippen LogP contribution in [0.1, 0.15) is 34.3 Å². The lowest BCUT2D eigenvalue weighted by Gasteiger charge is -2.30. The first-order chi connectivity index (χ1) is 16.1. The Kier molecular flexibility index (Phi) is 7.36. The molecular weight excluding hydrogens is 440 g/mol. The van der Waals surface area contributed by atoms with Crippen LogP contribution in [0.4, 0.5) is 5.69 Å². The highest BCUT2D eigenvalue weighted by atomic mass is 32.1. The van der Waals surface area contributed by atoms with Crippen LogP contribution in [0.3, 0.4) is 0 Å². The van der Waals surface area contributed by atoms with Gasteiger partial charge in [-0.15, -0.1) is 11.3 Å². The maximum absolute atomic E-state index is 12.7. The Balaban J connectivity index is 1.54. The number of amides is 1. The summed E-state index contributed by atoms with van der Waals surface area (Å²) in [5, 5.41) is 3.02. The fraction of sp³-hybridized carbons (Fsp3) is 0.320. The lowest BCUT2D eigenvalue weighted by atomic mass is 10.1. The average Bonchev–Trinajstić information content (AvgIpc) is 3.32. The number of benzene rings is 2. The highest BCUT2D eigenvalue weighted by Gasteiger charge is 2.26. The van der Waals surface area contributed by atoms with Gasteiger partial charge in [-0.3, -0.25) is 4.79 Å². The van der Waals surface area contributed by atoms with Crippen LogP contribution in [0.5, 0.6) is 5.75 Å². The number of methoxy groups -OCH3 is 1. The van der Waals surface area contributed by atoms with E-state index >= 15 is 0 Å². The number of hydrogen-bond donors (Lipinski definition) is 0. The molecule has 4 rings (SSSR count). The van der Waals surface area contributed by atoms with E-state index in [1.807, 2.05) is 42.6 Å². The molecule has 7 nitrogen and oxygen atoms in total. The predicted molar refractivity (Wildman–Crippen MR) is 127 cm³/mol. The zero-order chi connectivity index (χ0) is 23.2. The molecule has 0 aliphatic carbocycles. The summed E-state index contributed by atoms with van der Waals surface area (Å²) in [7, 11) is 1.68. The van der Waals surface area contributed by atoms with Gasteiger partial charge in [0.05, 0.1) is 41.7 Å². The zero-order valence-corrected chi connectivity index (χ0v) is 19.5. The molecule has 1 aliphatic rings. The van der Waals surface area contributed by atoms with E-state index in [0.717, 1.165) is 34.7 Å². The number of thiazole rings is 1. The number of rotatable bonds is 9. The maximum Gasteiger partial charge on any atom is 0.338 e. The minimum absolute atomic E-state index is 0.00829. The van der Waals surface area contributed by atoms with E-state index in [1.165, 1.54) is 0 Å². The Morgan fingerprint density at radius 1 is 1.18 bits per heavy atom. The smallest absolute Gasteiger partial charge is 0.338 e. The lowest BCUT2D eigenvalue weighted by Crippen LogP contribution is -2.38. The second kappa shape index (κ2) is 10.6. The normalized spacial score (nSPS) is 12.9. The quantitative estimate of drug-likeness (QED) is 0.433. The number of fused-ring (bicyclic) bond motifs is 1. The molecule has 3 aromatic rings. The molecule has 0 unspecified atom stereocenters. The second-order valence-electron chi connectivity index (χ2n) is 7.65. The molecule has 0 radical (unpaired) electrons. The summed E-state index contributed by atoms with van der Waals surface area (Å²) in [5.74, 6) is 0.201. The molecule has 1 aromatic heterocycles. The van der Waals surface area contributed by atoms with Crippen molar-refractivity contribution in [2.75, 3.05) is 31.8 Å². The number of carbonyl (C=O) groups excluding carboxylic acids is 2. The summed E-state index contributed by atoms with van der Waals surface area (Å²) in [4.78, 5) is 31.2. The molecule has 0 fully saturated rings. The maximum atomic E-state index is 12.7. The topological polar surface area (TPSA) is 78.0 Å². The number of nitrogens with zero attached hydrogens (tertiary/aromatic N) is 2. The minimum atomic E-state index is -0.339. The third kappa shape index (κ3) is 5.40. The van der Waals surface area contributed by atoms with Crippen LogP contribution in [0, 0.1) is 0 Å². The van der Waals surface area contributed by atoms with Crippen molar-refractivity contribution in [1.29, 1.82) is 0 Å². The molecule has 2 heterocycles. The van der Waals surface area contributed by atoms with Crippen LogP contribution in [-0.2, 0) is 27.2 Å². The van der Waals surface area contributed by atoms with Gasteiger partial charge in [-0.05, 0) is 42.3 Å². The summed E-state index contributed by atoms with van der Waals surface area (Å²) < 4.78 is 16.0. The fourth-order valence-corrected chi connectivity index (χ4v) is 4.28. The summed E-state index contributed by atoms with van der Waals surface area (Å²) in [5.41, 5.74) is 3.90. The van der Waals surface area contributed by atoms with Gasteiger partial charge in [-0.25, -0.2) is 9.78 Å². The van der Waals surface area contributed by atoms with Crippen LogP contribution < -0.4 is 9.64 Å². The third-order valence-corrected chi connectivity index (χ3v) is 6.15. The first-order valence-corrected chi connectivity index (χ1v) is 11.7. The Labute approximate surface area is 196 Å². The van der Waals surface area contributed by atoms with Crippen LogP contribution in [-0.4, -0.2) is 43.8 Å². The molecule has 1 amide bonds. The van der Waals surface area contributed by atoms with E-state index in [9.17, 15) is 9.59 Å². The van der Waals surface area contributed by atoms with Gasteiger partial charge in [0, 0.05) is 24.5 Å². The van der Waals surface area contributed by atoms with E-state index in [0.29, 0.717) is 36.8 Å². The van der Waals surface area contributed by atoms with Gasteiger partial charge in [0.1, 0.15) is 5.75 Å². The molecule has 1 aliphatic heterocycles. The van der Waals surface area contributed by atoms with Crippen molar-refractivity contribution in [1.82, 2.24) is 4.98 Å². The zero-order valence-electron chi connectivity index (χ0n) is 18.7. The average molecular weight is 467 g/mol. The van der Waals surface area contributed by atoms with Crippen molar-refractivity contribution in [3.8, 4) is 17.0 Å². The van der Waals surface area contributed by atoms with Crippen LogP contribution in [0.15, 0.2) is 47.8 Å². The van der Waals surface area contributed by atoms with Gasteiger partial charge in [-0.2, -0.15) is 0 Å². The van der Waals surface area contributed by atoms with Crippen LogP contribution in [0.25, 0.3) is 11.3 Å². The van der Waals surface area contributed by atoms with Crippen LogP contribution in [0.2, 0.25) is 0 Å². The molecule has 0 N–H and O–H groups in total. The second-order valence-corrected chi connectivity index (χ2v) is 8.60. The van der Waals surface area contributed by atoms with Gasteiger partial charge in [0.15, 0.2) is 6.61 Å². The largest absolute Gasteiger partial charge is 0.482 e. The van der Waals surface area contributed by atoms with Crippen molar-refractivity contribution < 1.29 is 23.8 Å². The molecule has 0 spiro atoms. The van der Waals surface area contributed by atoms with Gasteiger partial charge >= 0.3 is 5.97 Å². The Morgan fingerprint density at radius 2 is 2.00 bits per heavy atom. The number of anilines is 1. The summed E-state index contributed by atoms with van der Waals surface area (Å²) in [6, 6.07) is 12.9. The molecule has 2 aromatic carbocycles. The highest BCUT2D eigenvalue weighted by Crippen LogP contribution is 2.37. The molecule has 0 saturated carbocycles. The van der Waals surface area contributed by atoms with Crippen molar-refractivity contribution in [2.24, 2.45) is 0 Å². The number of esters is 1. The number of hydrogen-bond acceptors (Lipinski definition) is 7. The predicted octanol–water partition coefficient (Wildman–Crippen LogP) is 4.49.